The molecule has 0 aliphatic rings. The lowest BCUT2D eigenvalue weighted by Crippen LogP contribution is -2.33. The molecule has 0 aliphatic carbocycles. The molecule has 0 aliphatic heterocycles. The minimum Gasteiger partial charge on any atom is -0.316 e. The van der Waals surface area contributed by atoms with Gasteiger partial charge in [0.2, 0.25) is 0 Å². The first-order chi connectivity index (χ1) is 8.43. The highest BCUT2D eigenvalue weighted by Crippen LogP contribution is 2.30. The predicted octanol–water partition coefficient (Wildman–Crippen LogP) is 3.34. The van der Waals surface area contributed by atoms with Crippen LogP contribution in [0.1, 0.15) is 44.9 Å². The number of halogens is 1. The van der Waals surface area contributed by atoms with E-state index in [1.54, 1.807) is 4.68 Å². The van der Waals surface area contributed by atoms with Crippen LogP contribution in [0.2, 0.25) is 5.15 Å². The van der Waals surface area contributed by atoms with Crippen molar-refractivity contribution in [1.82, 2.24) is 15.1 Å². The van der Waals surface area contributed by atoms with Gasteiger partial charge in [-0.1, -0.05) is 32.4 Å². The molecule has 1 heterocycles. The van der Waals surface area contributed by atoms with E-state index in [-0.39, 0.29) is 5.41 Å². The molecule has 1 N–H and O–H groups in total. The summed E-state index contributed by atoms with van der Waals surface area (Å²) in [4.78, 5) is 0. The summed E-state index contributed by atoms with van der Waals surface area (Å²) >= 11 is 6.32. The lowest BCUT2D eigenvalue weighted by Gasteiger charge is -2.28. The van der Waals surface area contributed by atoms with Gasteiger partial charge >= 0.3 is 0 Å². The molecule has 0 saturated heterocycles. The Labute approximate surface area is 116 Å². The van der Waals surface area contributed by atoms with Crippen LogP contribution in [0.4, 0.5) is 0 Å². The summed E-state index contributed by atoms with van der Waals surface area (Å²) in [6.07, 6.45) is 3.29. The fourth-order valence-corrected chi connectivity index (χ4v) is 2.42. The Kier molecular flexibility index (Phi) is 5.67. The van der Waals surface area contributed by atoms with E-state index in [0.29, 0.717) is 0 Å². The highest BCUT2D eigenvalue weighted by atomic mass is 35.5. The number of aromatic nitrogens is 2. The van der Waals surface area contributed by atoms with Gasteiger partial charge in [-0.15, -0.1) is 0 Å². The van der Waals surface area contributed by atoms with Crippen molar-refractivity contribution < 1.29 is 0 Å². The van der Waals surface area contributed by atoms with Crippen LogP contribution in [0.5, 0.6) is 0 Å². The van der Waals surface area contributed by atoms with Crippen LogP contribution < -0.4 is 5.32 Å². The fraction of sp³-hybridized carbons (Fsp3) is 0.786. The summed E-state index contributed by atoms with van der Waals surface area (Å²) in [5, 5.41) is 8.69. The van der Waals surface area contributed by atoms with Crippen LogP contribution in [0.3, 0.4) is 0 Å². The van der Waals surface area contributed by atoms with E-state index in [4.69, 9.17) is 11.6 Å². The molecule has 0 saturated carbocycles. The zero-order chi connectivity index (χ0) is 13.8. The number of hydrogen-bond acceptors (Lipinski definition) is 2. The first-order valence-electron chi connectivity index (χ1n) is 6.82. The maximum Gasteiger partial charge on any atom is 0.130 e. The summed E-state index contributed by atoms with van der Waals surface area (Å²) in [7, 11) is 1.90. The van der Waals surface area contributed by atoms with Gasteiger partial charge in [-0.25, -0.2) is 0 Å². The molecule has 1 aromatic rings. The molecule has 18 heavy (non-hydrogen) atoms. The van der Waals surface area contributed by atoms with Gasteiger partial charge in [-0.2, -0.15) is 5.10 Å². The molecule has 1 aromatic heterocycles. The maximum atomic E-state index is 6.32. The number of nitrogens with zero attached hydrogens (tertiary/aromatic N) is 2. The highest BCUT2D eigenvalue weighted by molar-refractivity contribution is 6.30. The molecule has 0 radical (unpaired) electrons. The average molecular weight is 272 g/mol. The number of aryl methyl sites for hydroxylation is 2. The Morgan fingerprint density at radius 3 is 2.50 bits per heavy atom. The maximum absolute atomic E-state index is 6.32. The normalized spacial score (nSPS) is 14.8. The van der Waals surface area contributed by atoms with Crippen LogP contribution >= 0.6 is 11.6 Å². The molecule has 1 unspecified atom stereocenters. The van der Waals surface area contributed by atoms with Crippen molar-refractivity contribution in [1.29, 1.82) is 0 Å². The highest BCUT2D eigenvalue weighted by Gasteiger charge is 2.25. The van der Waals surface area contributed by atoms with Gasteiger partial charge in [0, 0.05) is 19.2 Å². The van der Waals surface area contributed by atoms with E-state index < -0.39 is 0 Å². The van der Waals surface area contributed by atoms with Gasteiger partial charge in [0.1, 0.15) is 5.15 Å². The Balaban J connectivity index is 2.78. The van der Waals surface area contributed by atoms with E-state index in [1.807, 2.05) is 14.0 Å². The average Bonchev–Trinajstić information content (AvgIpc) is 2.56. The zero-order valence-corrected chi connectivity index (χ0v) is 13.1. The summed E-state index contributed by atoms with van der Waals surface area (Å²) in [6, 6.07) is 0. The minimum absolute atomic E-state index is 0.243. The van der Waals surface area contributed by atoms with Gasteiger partial charge in [0.25, 0.3) is 0 Å². The van der Waals surface area contributed by atoms with Crippen molar-refractivity contribution in [3.05, 3.63) is 16.4 Å². The van der Waals surface area contributed by atoms with Gasteiger partial charge in [0.05, 0.1) is 5.69 Å². The molecule has 0 bridgehead atoms. The lowest BCUT2D eigenvalue weighted by atomic mass is 9.81. The third kappa shape index (κ3) is 3.72. The fourth-order valence-electron chi connectivity index (χ4n) is 2.18. The molecule has 1 rings (SSSR count). The minimum atomic E-state index is 0.243. The number of hydrogen-bond donors (Lipinski definition) is 1. The number of nitrogens with one attached hydrogen (secondary N) is 1. The first kappa shape index (κ1) is 15.5. The Hall–Kier alpha value is -0.540. The predicted molar refractivity (Wildman–Crippen MR) is 78.2 cm³/mol. The summed E-state index contributed by atoms with van der Waals surface area (Å²) in [5.74, 6) is 0. The van der Waals surface area contributed by atoms with Crippen molar-refractivity contribution >= 4 is 11.6 Å². The topological polar surface area (TPSA) is 29.9 Å². The van der Waals surface area contributed by atoms with Gasteiger partial charge in [-0.3, -0.25) is 4.68 Å². The second-order valence-corrected chi connectivity index (χ2v) is 5.85. The molecule has 4 heteroatoms. The molecule has 104 valence electrons. The first-order valence-corrected chi connectivity index (χ1v) is 7.20. The van der Waals surface area contributed by atoms with Crippen molar-refractivity contribution in [3.8, 4) is 0 Å². The van der Waals surface area contributed by atoms with Crippen LogP contribution in [-0.2, 0) is 13.5 Å². The molecule has 1 atom stereocenters. The molecular weight excluding hydrogens is 246 g/mol. The van der Waals surface area contributed by atoms with Crippen LogP contribution in [0, 0.1) is 12.3 Å². The third-order valence-electron chi connectivity index (χ3n) is 3.71. The van der Waals surface area contributed by atoms with Gasteiger partial charge in [0.15, 0.2) is 0 Å². The summed E-state index contributed by atoms with van der Waals surface area (Å²) in [5.41, 5.74) is 2.49. The van der Waals surface area contributed by atoms with Crippen molar-refractivity contribution in [2.75, 3.05) is 13.1 Å². The third-order valence-corrected chi connectivity index (χ3v) is 4.18. The van der Waals surface area contributed by atoms with Crippen molar-refractivity contribution in [2.45, 2.75) is 47.0 Å². The SMILES string of the molecule is CCCNCC(C)(CC)Cc1c(C)nn(C)c1Cl. The van der Waals surface area contributed by atoms with Crippen LogP contribution in [-0.4, -0.2) is 22.9 Å². The van der Waals surface area contributed by atoms with Crippen LogP contribution in [0.15, 0.2) is 0 Å². The molecule has 0 amide bonds. The van der Waals surface area contributed by atoms with Crippen molar-refractivity contribution in [3.63, 3.8) is 0 Å². The van der Waals surface area contributed by atoms with E-state index in [2.05, 4.69) is 31.2 Å². The summed E-state index contributed by atoms with van der Waals surface area (Å²) < 4.78 is 1.77. The Bertz CT molecular complexity index is 387. The molecule has 3 nitrogen and oxygen atoms in total. The Morgan fingerprint density at radius 1 is 1.39 bits per heavy atom. The molecule has 0 fully saturated rings. The van der Waals surface area contributed by atoms with Crippen LogP contribution in [0.25, 0.3) is 0 Å². The van der Waals surface area contributed by atoms with E-state index in [1.165, 1.54) is 12.0 Å². The zero-order valence-electron chi connectivity index (χ0n) is 12.3. The standard InChI is InChI=1S/C14H26ClN3/c1-6-8-16-10-14(4,7-2)9-12-11(3)17-18(5)13(12)15/h16H,6-10H2,1-5H3. The van der Waals surface area contributed by atoms with E-state index in [0.717, 1.165) is 36.8 Å². The van der Waals surface area contributed by atoms with Gasteiger partial charge < -0.3 is 5.32 Å². The second-order valence-electron chi connectivity index (χ2n) is 5.50. The van der Waals surface area contributed by atoms with Crippen molar-refractivity contribution in [2.24, 2.45) is 12.5 Å². The molecular formula is C14H26ClN3. The second kappa shape index (κ2) is 6.58. The Morgan fingerprint density at radius 2 is 2.06 bits per heavy atom. The summed E-state index contributed by atoms with van der Waals surface area (Å²) in [6.45, 7) is 10.9. The van der Waals surface area contributed by atoms with E-state index >= 15 is 0 Å². The van der Waals surface area contributed by atoms with E-state index in [9.17, 15) is 0 Å². The quantitative estimate of drug-likeness (QED) is 0.771. The monoisotopic (exact) mass is 271 g/mol. The van der Waals surface area contributed by atoms with Gasteiger partial charge in [-0.05, 0) is 38.1 Å². The molecule has 0 spiro atoms. The largest absolute Gasteiger partial charge is 0.316 e. The smallest absolute Gasteiger partial charge is 0.130 e. The molecule has 0 aromatic carbocycles. The number of rotatable bonds is 7. The lowest BCUT2D eigenvalue weighted by molar-refractivity contribution is 0.290.